The second kappa shape index (κ2) is 8.60. The molecule has 2 aromatic heterocycles. The van der Waals surface area contributed by atoms with Crippen LogP contribution in [0.2, 0.25) is 15.1 Å². The van der Waals surface area contributed by atoms with E-state index in [0.29, 0.717) is 11.4 Å². The van der Waals surface area contributed by atoms with Crippen molar-refractivity contribution in [3.63, 3.8) is 0 Å². The Kier molecular flexibility index (Phi) is 6.77. The molecule has 10 heteroatoms. The first kappa shape index (κ1) is 18.9. The number of ether oxygens (including phenoxy) is 1. The number of aromatic nitrogens is 3. The molecule has 1 unspecified atom stereocenters. The molecule has 2 aromatic rings. The average Bonchev–Trinajstić information content (AvgIpc) is 2.54. The van der Waals surface area contributed by atoms with E-state index in [4.69, 9.17) is 39.5 Å². The minimum absolute atomic E-state index is 0.118. The van der Waals surface area contributed by atoms with E-state index in [1.165, 1.54) is 12.3 Å². The lowest BCUT2D eigenvalue weighted by molar-refractivity contribution is 0.146. The third kappa shape index (κ3) is 4.78. The smallest absolute Gasteiger partial charge is 0.282 e. The minimum atomic E-state index is -2.78. The van der Waals surface area contributed by atoms with Gasteiger partial charge in [-0.15, -0.1) is 0 Å². The Morgan fingerprint density at radius 3 is 2.58 bits per heavy atom. The number of anilines is 1. The van der Waals surface area contributed by atoms with Gasteiger partial charge in [0, 0.05) is 6.20 Å². The van der Waals surface area contributed by atoms with Gasteiger partial charge in [0.05, 0.1) is 11.1 Å². The monoisotopic (exact) mass is 396 g/mol. The third-order valence-corrected chi connectivity index (χ3v) is 3.90. The summed E-state index contributed by atoms with van der Waals surface area (Å²) >= 11 is 17.7. The summed E-state index contributed by atoms with van der Waals surface area (Å²) in [4.78, 5) is 11.4. The number of hydrogen-bond acceptors (Lipinski definition) is 5. The van der Waals surface area contributed by atoms with Gasteiger partial charge in [-0.05, 0) is 12.5 Å². The Hall–Kier alpha value is -1.44. The fourth-order valence-corrected chi connectivity index (χ4v) is 2.45. The van der Waals surface area contributed by atoms with E-state index in [0.717, 1.165) is 6.33 Å². The van der Waals surface area contributed by atoms with Crippen molar-refractivity contribution in [2.24, 2.45) is 0 Å². The molecule has 0 spiro atoms. The van der Waals surface area contributed by atoms with Crippen LogP contribution in [-0.2, 0) is 0 Å². The number of hydrogen-bond donors (Lipinski definition) is 1. The number of alkyl halides is 2. The molecule has 0 aliphatic carbocycles. The van der Waals surface area contributed by atoms with Gasteiger partial charge in [-0.25, -0.2) is 23.7 Å². The maximum absolute atomic E-state index is 12.8. The molecule has 5 nitrogen and oxygen atoms in total. The maximum Gasteiger partial charge on any atom is 0.282 e. The van der Waals surface area contributed by atoms with Gasteiger partial charge in [-0.1, -0.05) is 41.7 Å². The van der Waals surface area contributed by atoms with Gasteiger partial charge in [0.25, 0.3) is 6.43 Å². The van der Waals surface area contributed by atoms with Crippen molar-refractivity contribution in [1.29, 1.82) is 0 Å². The molecule has 0 aromatic carbocycles. The lowest BCUT2D eigenvalue weighted by Crippen LogP contribution is -2.27. The van der Waals surface area contributed by atoms with Crippen LogP contribution < -0.4 is 10.1 Å². The summed E-state index contributed by atoms with van der Waals surface area (Å²) in [5, 5.41) is 3.41. The predicted molar refractivity (Wildman–Crippen MR) is 89.5 cm³/mol. The molecule has 0 radical (unpaired) electrons. The Labute approximate surface area is 152 Å². The van der Waals surface area contributed by atoms with Crippen molar-refractivity contribution in [3.05, 3.63) is 39.4 Å². The second-order valence-corrected chi connectivity index (χ2v) is 5.94. The van der Waals surface area contributed by atoms with Gasteiger partial charge in [-0.3, -0.25) is 0 Å². The summed E-state index contributed by atoms with van der Waals surface area (Å²) in [5.74, 6) is 0.343. The first-order valence-corrected chi connectivity index (χ1v) is 8.04. The van der Waals surface area contributed by atoms with Crippen LogP contribution >= 0.6 is 34.8 Å². The van der Waals surface area contributed by atoms with Crippen LogP contribution in [0.5, 0.6) is 5.88 Å². The summed E-state index contributed by atoms with van der Waals surface area (Å²) in [6.45, 7) is 2.07. The quantitative estimate of drug-likeness (QED) is 0.709. The zero-order valence-electron chi connectivity index (χ0n) is 12.4. The highest BCUT2D eigenvalue weighted by Crippen LogP contribution is 2.30. The van der Waals surface area contributed by atoms with Crippen molar-refractivity contribution in [1.82, 2.24) is 15.0 Å². The lowest BCUT2D eigenvalue weighted by Gasteiger charge is -2.19. The van der Waals surface area contributed by atoms with Gasteiger partial charge in [0.1, 0.15) is 34.5 Å². The van der Waals surface area contributed by atoms with Gasteiger partial charge in [0.15, 0.2) is 0 Å². The number of halogens is 5. The molecule has 2 rings (SSSR count). The van der Waals surface area contributed by atoms with E-state index in [-0.39, 0.29) is 34.4 Å². The number of pyridine rings is 1. The van der Waals surface area contributed by atoms with Crippen LogP contribution in [0.4, 0.5) is 14.6 Å². The van der Waals surface area contributed by atoms with Crippen LogP contribution in [0.25, 0.3) is 0 Å². The lowest BCUT2D eigenvalue weighted by atomic mass is 10.2. The molecule has 0 bridgehead atoms. The van der Waals surface area contributed by atoms with Gasteiger partial charge in [-0.2, -0.15) is 0 Å². The molecule has 1 atom stereocenters. The Balaban J connectivity index is 2.06. The van der Waals surface area contributed by atoms with Crippen LogP contribution in [0.15, 0.2) is 18.6 Å². The van der Waals surface area contributed by atoms with E-state index < -0.39 is 12.1 Å². The fraction of sp³-hybridized carbons (Fsp3) is 0.357. The summed E-state index contributed by atoms with van der Waals surface area (Å²) in [6.07, 6.45) is 0.276. The molecule has 0 aliphatic rings. The molecular formula is C14H13Cl3F2N4O. The Morgan fingerprint density at radius 2 is 1.96 bits per heavy atom. The Bertz CT molecular complexity index is 706. The van der Waals surface area contributed by atoms with E-state index >= 15 is 0 Å². The number of nitrogens with one attached hydrogen (secondary N) is 1. The molecule has 0 fully saturated rings. The fourth-order valence-electron chi connectivity index (χ4n) is 1.78. The summed E-state index contributed by atoms with van der Waals surface area (Å²) in [7, 11) is 0. The van der Waals surface area contributed by atoms with Crippen LogP contribution in [0, 0.1) is 0 Å². The maximum atomic E-state index is 12.8. The molecule has 130 valence electrons. The molecule has 2 heterocycles. The topological polar surface area (TPSA) is 59.9 Å². The molecular weight excluding hydrogens is 385 g/mol. The largest absolute Gasteiger partial charge is 0.474 e. The number of rotatable bonds is 7. The predicted octanol–water partition coefficient (Wildman–Crippen LogP) is 5.04. The highest BCUT2D eigenvalue weighted by atomic mass is 35.5. The van der Waals surface area contributed by atoms with E-state index in [1.807, 2.05) is 6.92 Å². The van der Waals surface area contributed by atoms with Crippen molar-refractivity contribution in [2.45, 2.75) is 25.8 Å². The van der Waals surface area contributed by atoms with E-state index in [1.54, 1.807) is 0 Å². The van der Waals surface area contributed by atoms with Gasteiger partial charge < -0.3 is 10.1 Å². The van der Waals surface area contributed by atoms with Crippen molar-refractivity contribution < 1.29 is 13.5 Å². The van der Waals surface area contributed by atoms with Gasteiger partial charge >= 0.3 is 0 Å². The standard InChI is InChI=1S/C14H13Cl3F2N4O/c1-2-8(5-24-14-9(16)3-7(15)4-20-14)23-13-10(17)11(12(18)19)21-6-22-13/h3-4,6,8,12H,2,5H2,1H3,(H,21,22,23). The van der Waals surface area contributed by atoms with E-state index in [2.05, 4.69) is 20.3 Å². The molecule has 0 saturated carbocycles. The van der Waals surface area contributed by atoms with Crippen molar-refractivity contribution in [2.75, 3.05) is 11.9 Å². The van der Waals surface area contributed by atoms with Gasteiger partial charge in [0.2, 0.25) is 5.88 Å². The minimum Gasteiger partial charge on any atom is -0.474 e. The van der Waals surface area contributed by atoms with E-state index in [9.17, 15) is 8.78 Å². The van der Waals surface area contributed by atoms with Crippen molar-refractivity contribution in [3.8, 4) is 5.88 Å². The summed E-state index contributed by atoms with van der Waals surface area (Å²) in [6, 6.07) is 1.26. The zero-order valence-corrected chi connectivity index (χ0v) is 14.7. The number of nitrogens with zero attached hydrogens (tertiary/aromatic N) is 3. The highest BCUT2D eigenvalue weighted by Gasteiger charge is 2.19. The first-order valence-electron chi connectivity index (χ1n) is 6.91. The first-order chi connectivity index (χ1) is 11.4. The molecule has 24 heavy (non-hydrogen) atoms. The zero-order chi connectivity index (χ0) is 17.7. The average molecular weight is 398 g/mol. The van der Waals surface area contributed by atoms with Crippen LogP contribution in [-0.4, -0.2) is 27.6 Å². The third-order valence-electron chi connectivity index (χ3n) is 3.05. The van der Waals surface area contributed by atoms with Crippen molar-refractivity contribution >= 4 is 40.6 Å². The summed E-state index contributed by atoms with van der Waals surface area (Å²) in [5.41, 5.74) is -0.521. The van der Waals surface area contributed by atoms with Crippen LogP contribution in [0.3, 0.4) is 0 Å². The second-order valence-electron chi connectivity index (χ2n) is 4.72. The molecule has 0 saturated heterocycles. The van der Waals surface area contributed by atoms with Crippen LogP contribution in [0.1, 0.15) is 25.5 Å². The normalized spacial score (nSPS) is 12.3. The summed E-state index contributed by atoms with van der Waals surface area (Å²) < 4.78 is 31.2. The SMILES string of the molecule is CCC(COc1ncc(Cl)cc1Cl)Nc1ncnc(C(F)F)c1Cl. The highest BCUT2D eigenvalue weighted by molar-refractivity contribution is 6.35. The Morgan fingerprint density at radius 1 is 1.21 bits per heavy atom. The molecule has 1 N–H and O–H groups in total. The molecule has 0 amide bonds. The molecule has 0 aliphatic heterocycles.